The number of alkyl halides is 3. The van der Waals surface area contributed by atoms with Crippen LogP contribution >= 0.6 is 11.6 Å². The average Bonchev–Trinajstić information content (AvgIpc) is 3.25. The Bertz CT molecular complexity index is 1260. The molecular formula is C20H15ClF3N5O. The summed E-state index contributed by atoms with van der Waals surface area (Å²) in [6.45, 7) is 1.91. The highest BCUT2D eigenvalue weighted by Gasteiger charge is 2.40. The lowest BCUT2D eigenvalue weighted by Gasteiger charge is -2.13. The van der Waals surface area contributed by atoms with Crippen LogP contribution in [0.5, 0.6) is 0 Å². The van der Waals surface area contributed by atoms with Crippen molar-refractivity contribution >= 4 is 34.5 Å². The van der Waals surface area contributed by atoms with Crippen LogP contribution in [0.25, 0.3) is 16.7 Å². The number of nitrogens with one attached hydrogen (secondary N) is 1. The first-order chi connectivity index (χ1) is 14.1. The molecule has 0 spiro atoms. The van der Waals surface area contributed by atoms with Gasteiger partial charge in [0.2, 0.25) is 5.95 Å². The molecule has 30 heavy (non-hydrogen) atoms. The van der Waals surface area contributed by atoms with Crippen LogP contribution in [0.1, 0.15) is 21.6 Å². The van der Waals surface area contributed by atoms with Gasteiger partial charge < -0.3 is 4.57 Å². The highest BCUT2D eigenvalue weighted by Crippen LogP contribution is 2.34. The number of carbonyl (C=O) groups is 1. The van der Waals surface area contributed by atoms with Gasteiger partial charge in [0.15, 0.2) is 5.69 Å². The largest absolute Gasteiger partial charge is 0.434 e. The molecule has 1 N–H and O–H groups in total. The predicted octanol–water partition coefficient (Wildman–Crippen LogP) is 4.99. The van der Waals surface area contributed by atoms with E-state index in [1.54, 1.807) is 17.7 Å². The molecule has 1 amide bonds. The fraction of sp³-hybridized carbons (Fsp3) is 0.150. The number of halogens is 4. The summed E-state index contributed by atoms with van der Waals surface area (Å²) in [7, 11) is 1.67. The Balaban J connectivity index is 1.74. The van der Waals surface area contributed by atoms with E-state index in [-0.39, 0.29) is 11.6 Å². The van der Waals surface area contributed by atoms with Crippen molar-refractivity contribution in [1.29, 1.82) is 0 Å². The minimum absolute atomic E-state index is 0.129. The Morgan fingerprint density at radius 2 is 1.83 bits per heavy atom. The van der Waals surface area contributed by atoms with Crippen LogP contribution in [0.3, 0.4) is 0 Å². The summed E-state index contributed by atoms with van der Waals surface area (Å²) in [6, 6.07) is 11.2. The Labute approximate surface area is 173 Å². The van der Waals surface area contributed by atoms with Gasteiger partial charge in [-0.25, -0.2) is 9.67 Å². The molecule has 0 saturated heterocycles. The number of aromatic nitrogens is 4. The first kappa shape index (κ1) is 20.0. The fourth-order valence-corrected chi connectivity index (χ4v) is 3.27. The van der Waals surface area contributed by atoms with Crippen molar-refractivity contribution in [2.24, 2.45) is 7.05 Å². The number of carbonyl (C=O) groups excluding carboxylic acids is 1. The Kier molecular flexibility index (Phi) is 4.77. The van der Waals surface area contributed by atoms with E-state index in [1.807, 2.05) is 19.1 Å². The second kappa shape index (κ2) is 7.17. The highest BCUT2D eigenvalue weighted by atomic mass is 35.5. The van der Waals surface area contributed by atoms with Crippen LogP contribution in [0.2, 0.25) is 5.02 Å². The zero-order chi connectivity index (χ0) is 21.6. The van der Waals surface area contributed by atoms with E-state index < -0.39 is 23.3 Å². The van der Waals surface area contributed by atoms with Gasteiger partial charge in [0, 0.05) is 12.1 Å². The predicted molar refractivity (Wildman–Crippen MR) is 107 cm³/mol. The van der Waals surface area contributed by atoms with E-state index in [4.69, 9.17) is 11.6 Å². The molecule has 4 aromatic rings. The summed E-state index contributed by atoms with van der Waals surface area (Å²) in [5.41, 5.74) is 0.693. The van der Waals surface area contributed by atoms with Gasteiger partial charge in [-0.05, 0) is 48.9 Å². The van der Waals surface area contributed by atoms with Crippen molar-refractivity contribution in [1.82, 2.24) is 19.3 Å². The van der Waals surface area contributed by atoms with Crippen molar-refractivity contribution < 1.29 is 18.0 Å². The number of amides is 1. The number of rotatable bonds is 3. The lowest BCUT2D eigenvalue weighted by molar-refractivity contribution is -0.143. The average molecular weight is 434 g/mol. The Morgan fingerprint density at radius 1 is 1.13 bits per heavy atom. The number of hydrogen-bond donors (Lipinski definition) is 1. The Hall–Kier alpha value is -3.33. The van der Waals surface area contributed by atoms with E-state index in [0.717, 1.165) is 17.3 Å². The molecule has 0 aliphatic carbocycles. The molecule has 2 aromatic heterocycles. The molecule has 0 unspecified atom stereocenters. The van der Waals surface area contributed by atoms with Gasteiger partial charge >= 0.3 is 6.18 Å². The molecule has 6 nitrogen and oxygen atoms in total. The summed E-state index contributed by atoms with van der Waals surface area (Å²) in [4.78, 5) is 17.0. The molecule has 0 aliphatic heterocycles. The SMILES string of the molecule is Cc1ccc2nc(NC(=O)c3cnn(-c4ccc(Cl)cc4)c3C(F)(F)F)n(C)c2c1. The Morgan fingerprint density at radius 3 is 2.50 bits per heavy atom. The molecule has 0 bridgehead atoms. The van der Waals surface area contributed by atoms with Crippen LogP contribution in [-0.2, 0) is 13.2 Å². The molecule has 0 atom stereocenters. The van der Waals surface area contributed by atoms with E-state index in [9.17, 15) is 18.0 Å². The van der Waals surface area contributed by atoms with Gasteiger partial charge in [-0.3, -0.25) is 10.1 Å². The summed E-state index contributed by atoms with van der Waals surface area (Å²) < 4.78 is 43.7. The zero-order valence-electron chi connectivity index (χ0n) is 15.8. The van der Waals surface area contributed by atoms with Crippen molar-refractivity contribution in [3.8, 4) is 5.69 Å². The topological polar surface area (TPSA) is 64.7 Å². The first-order valence-corrected chi connectivity index (χ1v) is 9.18. The quantitative estimate of drug-likeness (QED) is 0.495. The molecule has 2 aromatic carbocycles. The van der Waals surface area contributed by atoms with Crippen LogP contribution in [-0.4, -0.2) is 25.2 Å². The standard InChI is InChI=1S/C20H15ClF3N5O/c1-11-3-8-15-16(9-11)28(2)19(26-15)27-18(30)14-10-25-29(17(14)20(22,23)24)13-6-4-12(21)5-7-13/h3-10H,1-2H3,(H,26,27,30). The van der Waals surface area contributed by atoms with Crippen LogP contribution in [0.15, 0.2) is 48.7 Å². The first-order valence-electron chi connectivity index (χ1n) is 8.81. The normalized spacial score (nSPS) is 11.8. The second-order valence-corrected chi connectivity index (χ2v) is 7.17. The molecule has 0 radical (unpaired) electrons. The van der Waals surface area contributed by atoms with Gasteiger partial charge in [-0.2, -0.15) is 18.3 Å². The number of nitrogens with zero attached hydrogens (tertiary/aromatic N) is 4. The molecule has 2 heterocycles. The summed E-state index contributed by atoms with van der Waals surface area (Å²) >= 11 is 5.81. The molecule has 4 rings (SSSR count). The van der Waals surface area contributed by atoms with Crippen molar-refractivity contribution in [3.63, 3.8) is 0 Å². The number of benzene rings is 2. The zero-order valence-corrected chi connectivity index (χ0v) is 16.6. The minimum Gasteiger partial charge on any atom is -0.313 e. The van der Waals surface area contributed by atoms with Gasteiger partial charge in [-0.1, -0.05) is 17.7 Å². The van der Waals surface area contributed by atoms with E-state index in [2.05, 4.69) is 15.4 Å². The van der Waals surface area contributed by atoms with Gasteiger partial charge in [0.05, 0.1) is 28.5 Å². The summed E-state index contributed by atoms with van der Waals surface area (Å²) in [6.07, 6.45) is -3.92. The maximum Gasteiger partial charge on any atom is 0.434 e. The molecule has 154 valence electrons. The molecule has 0 saturated carbocycles. The highest BCUT2D eigenvalue weighted by molar-refractivity contribution is 6.30. The smallest absolute Gasteiger partial charge is 0.313 e. The lowest BCUT2D eigenvalue weighted by Crippen LogP contribution is -2.21. The van der Waals surface area contributed by atoms with Crippen LogP contribution < -0.4 is 5.32 Å². The van der Waals surface area contributed by atoms with Crippen LogP contribution in [0, 0.1) is 6.92 Å². The molecule has 0 aliphatic rings. The van der Waals surface area contributed by atoms with Crippen molar-refractivity contribution in [2.45, 2.75) is 13.1 Å². The maximum atomic E-state index is 13.8. The minimum atomic E-state index is -4.81. The van der Waals surface area contributed by atoms with E-state index in [0.29, 0.717) is 15.2 Å². The third-order valence-corrected chi connectivity index (χ3v) is 4.87. The summed E-state index contributed by atoms with van der Waals surface area (Å²) in [5, 5.41) is 6.62. The molecule has 0 fully saturated rings. The number of fused-ring (bicyclic) bond motifs is 1. The van der Waals surface area contributed by atoms with E-state index >= 15 is 0 Å². The number of hydrogen-bond acceptors (Lipinski definition) is 3. The van der Waals surface area contributed by atoms with Gasteiger partial charge in [-0.15, -0.1) is 0 Å². The van der Waals surface area contributed by atoms with Crippen molar-refractivity contribution in [3.05, 3.63) is 70.5 Å². The van der Waals surface area contributed by atoms with E-state index in [1.165, 1.54) is 24.3 Å². The fourth-order valence-electron chi connectivity index (χ4n) is 3.15. The maximum absolute atomic E-state index is 13.8. The van der Waals surface area contributed by atoms with Gasteiger partial charge in [0.25, 0.3) is 5.91 Å². The number of aryl methyl sites for hydroxylation is 2. The molecule has 10 heteroatoms. The van der Waals surface area contributed by atoms with Crippen LogP contribution in [0.4, 0.5) is 19.1 Å². The second-order valence-electron chi connectivity index (χ2n) is 6.73. The molecular weight excluding hydrogens is 419 g/mol. The monoisotopic (exact) mass is 433 g/mol. The lowest BCUT2D eigenvalue weighted by atomic mass is 10.2. The number of anilines is 1. The van der Waals surface area contributed by atoms with Crippen molar-refractivity contribution in [2.75, 3.05) is 5.32 Å². The third-order valence-electron chi connectivity index (χ3n) is 4.62. The third kappa shape index (κ3) is 3.52. The van der Waals surface area contributed by atoms with Gasteiger partial charge in [0.1, 0.15) is 0 Å². The summed E-state index contributed by atoms with van der Waals surface area (Å²) in [5.74, 6) is -0.828. The number of imidazole rings is 1.